The lowest BCUT2D eigenvalue weighted by Gasteiger charge is -2.06. The molecule has 114 valence electrons. The van der Waals surface area contributed by atoms with Gasteiger partial charge in [-0.15, -0.1) is 0 Å². The summed E-state index contributed by atoms with van der Waals surface area (Å²) >= 11 is 0. The van der Waals surface area contributed by atoms with Crippen molar-refractivity contribution in [3.63, 3.8) is 0 Å². The van der Waals surface area contributed by atoms with Gasteiger partial charge >= 0.3 is 0 Å². The third kappa shape index (κ3) is 2.06. The molecule has 0 radical (unpaired) electrons. The van der Waals surface area contributed by atoms with Crippen LogP contribution in [0.2, 0.25) is 0 Å². The van der Waals surface area contributed by atoms with Gasteiger partial charge in [0, 0.05) is 23.2 Å². The van der Waals surface area contributed by atoms with Crippen molar-refractivity contribution in [1.82, 2.24) is 14.5 Å². The number of benzene rings is 2. The van der Waals surface area contributed by atoms with Gasteiger partial charge in [0.15, 0.2) is 0 Å². The van der Waals surface area contributed by atoms with Gasteiger partial charge in [0.05, 0.1) is 18.1 Å². The lowest BCUT2D eigenvalue weighted by molar-refractivity contribution is 0.415. The van der Waals surface area contributed by atoms with E-state index in [2.05, 4.69) is 52.6 Å². The average Bonchev–Trinajstić information content (AvgIpc) is 2.88. The molecular formula is C19H17N3O. The predicted molar refractivity (Wildman–Crippen MR) is 92.4 cm³/mol. The minimum atomic E-state index is 0.681. The summed E-state index contributed by atoms with van der Waals surface area (Å²) in [6, 6.07) is 12.4. The van der Waals surface area contributed by atoms with Crippen molar-refractivity contribution in [2.45, 2.75) is 13.8 Å². The van der Waals surface area contributed by atoms with Gasteiger partial charge in [0.1, 0.15) is 5.75 Å². The van der Waals surface area contributed by atoms with E-state index in [4.69, 9.17) is 4.74 Å². The van der Waals surface area contributed by atoms with E-state index in [0.29, 0.717) is 5.95 Å². The summed E-state index contributed by atoms with van der Waals surface area (Å²) in [4.78, 5) is 8.87. The van der Waals surface area contributed by atoms with Crippen LogP contribution in [-0.4, -0.2) is 21.6 Å². The van der Waals surface area contributed by atoms with E-state index in [1.165, 1.54) is 16.5 Å². The fourth-order valence-electron chi connectivity index (χ4n) is 3.01. The summed E-state index contributed by atoms with van der Waals surface area (Å²) in [6.07, 6.45) is 3.54. The first-order valence-electron chi connectivity index (χ1n) is 7.56. The molecule has 4 rings (SSSR count). The number of hydrogen-bond acceptors (Lipinski definition) is 3. The van der Waals surface area contributed by atoms with Gasteiger partial charge < -0.3 is 4.74 Å². The Labute approximate surface area is 134 Å². The predicted octanol–water partition coefficient (Wildman–Crippen LogP) is 4.20. The molecule has 2 aromatic heterocycles. The van der Waals surface area contributed by atoms with Gasteiger partial charge in [-0.1, -0.05) is 0 Å². The van der Waals surface area contributed by atoms with E-state index >= 15 is 0 Å². The third-order valence-corrected chi connectivity index (χ3v) is 4.34. The Morgan fingerprint density at radius 2 is 1.57 bits per heavy atom. The second-order valence-electron chi connectivity index (χ2n) is 5.72. The molecule has 0 unspecified atom stereocenters. The maximum atomic E-state index is 5.40. The van der Waals surface area contributed by atoms with Gasteiger partial charge in [-0.05, 0) is 61.4 Å². The van der Waals surface area contributed by atoms with Crippen molar-refractivity contribution in [3.8, 4) is 11.7 Å². The standard InChI is InChI=1S/C19H17N3O/c1-12-9-15-16-11-14(23-3)5-6-17(16)22(18(15)10-13(12)2)19-20-7-4-8-21-19/h4-11H,1-3H3. The van der Waals surface area contributed by atoms with Crippen LogP contribution >= 0.6 is 0 Å². The molecule has 0 atom stereocenters. The Bertz CT molecular complexity index is 1020. The first kappa shape index (κ1) is 13.8. The molecule has 2 aromatic carbocycles. The number of aryl methyl sites for hydroxylation is 2. The molecule has 0 aliphatic carbocycles. The number of methoxy groups -OCH3 is 1. The molecule has 0 saturated carbocycles. The Hall–Kier alpha value is -2.88. The molecule has 0 bridgehead atoms. The molecule has 0 amide bonds. The maximum Gasteiger partial charge on any atom is 0.234 e. The zero-order valence-electron chi connectivity index (χ0n) is 13.4. The number of aromatic nitrogens is 3. The summed E-state index contributed by atoms with van der Waals surface area (Å²) in [5.74, 6) is 1.53. The molecule has 0 N–H and O–H groups in total. The zero-order chi connectivity index (χ0) is 16.0. The van der Waals surface area contributed by atoms with Gasteiger partial charge in [0.25, 0.3) is 0 Å². The number of nitrogens with zero attached hydrogens (tertiary/aromatic N) is 3. The summed E-state index contributed by atoms with van der Waals surface area (Å²) in [5, 5.41) is 2.34. The van der Waals surface area contributed by atoms with Crippen molar-refractivity contribution in [2.75, 3.05) is 7.11 Å². The van der Waals surface area contributed by atoms with Crippen molar-refractivity contribution in [1.29, 1.82) is 0 Å². The molecule has 0 fully saturated rings. The van der Waals surface area contributed by atoms with Gasteiger partial charge in [-0.2, -0.15) is 0 Å². The minimum Gasteiger partial charge on any atom is -0.497 e. The second-order valence-corrected chi connectivity index (χ2v) is 5.72. The normalized spacial score (nSPS) is 11.3. The number of hydrogen-bond donors (Lipinski definition) is 0. The molecule has 0 aliphatic rings. The molecule has 4 nitrogen and oxygen atoms in total. The fraction of sp³-hybridized carbons (Fsp3) is 0.158. The Balaban J connectivity index is 2.20. The Morgan fingerprint density at radius 1 is 0.870 bits per heavy atom. The van der Waals surface area contributed by atoms with Crippen molar-refractivity contribution in [3.05, 3.63) is 59.9 Å². The molecule has 0 aliphatic heterocycles. The van der Waals surface area contributed by atoms with Crippen LogP contribution in [0.5, 0.6) is 5.75 Å². The van der Waals surface area contributed by atoms with Crippen LogP contribution in [-0.2, 0) is 0 Å². The van der Waals surface area contributed by atoms with Crippen LogP contribution in [0.15, 0.2) is 48.8 Å². The van der Waals surface area contributed by atoms with Crippen LogP contribution < -0.4 is 4.74 Å². The average molecular weight is 303 g/mol. The zero-order valence-corrected chi connectivity index (χ0v) is 13.4. The monoisotopic (exact) mass is 303 g/mol. The van der Waals surface area contributed by atoms with E-state index in [1.807, 2.05) is 12.1 Å². The van der Waals surface area contributed by atoms with Crippen molar-refractivity contribution < 1.29 is 4.74 Å². The largest absolute Gasteiger partial charge is 0.497 e. The Morgan fingerprint density at radius 3 is 2.30 bits per heavy atom. The molecule has 4 heteroatoms. The summed E-state index contributed by atoms with van der Waals surface area (Å²) in [5.41, 5.74) is 4.72. The van der Waals surface area contributed by atoms with Gasteiger partial charge in [-0.25, -0.2) is 9.97 Å². The lowest BCUT2D eigenvalue weighted by atomic mass is 10.1. The van der Waals surface area contributed by atoms with Crippen molar-refractivity contribution >= 4 is 21.8 Å². The highest BCUT2D eigenvalue weighted by Gasteiger charge is 2.15. The SMILES string of the molecule is COc1ccc2c(c1)c1cc(C)c(C)cc1n2-c1ncccn1. The van der Waals surface area contributed by atoms with E-state index < -0.39 is 0 Å². The number of fused-ring (bicyclic) bond motifs is 3. The van der Waals surface area contributed by atoms with Gasteiger partial charge in [0.2, 0.25) is 5.95 Å². The van der Waals surface area contributed by atoms with E-state index in [-0.39, 0.29) is 0 Å². The van der Waals surface area contributed by atoms with Crippen LogP contribution in [0.3, 0.4) is 0 Å². The second kappa shape index (κ2) is 5.09. The third-order valence-electron chi connectivity index (χ3n) is 4.34. The summed E-state index contributed by atoms with van der Waals surface area (Å²) < 4.78 is 7.51. The highest BCUT2D eigenvalue weighted by atomic mass is 16.5. The fourth-order valence-corrected chi connectivity index (χ4v) is 3.01. The van der Waals surface area contributed by atoms with E-state index in [0.717, 1.165) is 22.2 Å². The molecule has 23 heavy (non-hydrogen) atoms. The number of ether oxygens (including phenoxy) is 1. The minimum absolute atomic E-state index is 0.681. The molecule has 0 saturated heterocycles. The smallest absolute Gasteiger partial charge is 0.234 e. The van der Waals surface area contributed by atoms with Crippen molar-refractivity contribution in [2.24, 2.45) is 0 Å². The van der Waals surface area contributed by atoms with E-state index in [1.54, 1.807) is 19.5 Å². The Kier molecular flexibility index (Phi) is 3.05. The van der Waals surface area contributed by atoms with E-state index in [9.17, 15) is 0 Å². The summed E-state index contributed by atoms with van der Waals surface area (Å²) in [6.45, 7) is 4.26. The lowest BCUT2D eigenvalue weighted by Crippen LogP contribution is -1.99. The van der Waals surface area contributed by atoms with Gasteiger partial charge in [-0.3, -0.25) is 4.57 Å². The van der Waals surface area contributed by atoms with Crippen LogP contribution in [0.25, 0.3) is 27.8 Å². The van der Waals surface area contributed by atoms with Crippen LogP contribution in [0.4, 0.5) is 0 Å². The molecule has 4 aromatic rings. The quantitative estimate of drug-likeness (QED) is 0.557. The molecule has 0 spiro atoms. The highest BCUT2D eigenvalue weighted by molar-refractivity contribution is 6.09. The maximum absolute atomic E-state index is 5.40. The molecule has 2 heterocycles. The topological polar surface area (TPSA) is 39.9 Å². The first-order chi connectivity index (χ1) is 11.2. The first-order valence-corrected chi connectivity index (χ1v) is 7.56. The number of rotatable bonds is 2. The van der Waals surface area contributed by atoms with Crippen LogP contribution in [0, 0.1) is 13.8 Å². The van der Waals surface area contributed by atoms with Crippen LogP contribution in [0.1, 0.15) is 11.1 Å². The highest BCUT2D eigenvalue weighted by Crippen LogP contribution is 2.34. The summed E-state index contributed by atoms with van der Waals surface area (Å²) in [7, 11) is 1.69. The molecular weight excluding hydrogens is 286 g/mol.